The maximum atomic E-state index is 5.79. The first-order chi connectivity index (χ1) is 18.9. The Morgan fingerprint density at radius 1 is 0.395 bits per heavy atom. The Kier molecular flexibility index (Phi) is 35.3. The molecule has 224 valence electrons. The fraction of sp³-hybridized carbons (Fsp3) is 0.833. The molecule has 0 bridgehead atoms. The van der Waals surface area contributed by atoms with Gasteiger partial charge in [0.05, 0.1) is 6.61 Å². The molecule has 0 rings (SSSR count). The molecular formula is C36H69NO. The second kappa shape index (κ2) is 36.1. The number of unbranched alkanes of at least 4 members (excludes halogenated alkanes) is 19. The minimum Gasteiger partial charge on any atom is -0.380 e. The summed E-state index contributed by atoms with van der Waals surface area (Å²) in [7, 11) is 0. The molecule has 0 aliphatic heterocycles. The highest BCUT2D eigenvalue weighted by atomic mass is 16.5. The second-order valence-corrected chi connectivity index (χ2v) is 11.2. The van der Waals surface area contributed by atoms with Crippen LogP contribution in [-0.4, -0.2) is 26.3 Å². The molecule has 0 aliphatic rings. The molecule has 0 saturated carbocycles. The lowest BCUT2D eigenvalue weighted by Crippen LogP contribution is -2.21. The summed E-state index contributed by atoms with van der Waals surface area (Å²) in [6, 6.07) is 0. The third-order valence-electron chi connectivity index (χ3n) is 7.28. The van der Waals surface area contributed by atoms with Crippen molar-refractivity contribution in [2.75, 3.05) is 26.3 Å². The van der Waals surface area contributed by atoms with E-state index in [0.717, 1.165) is 32.7 Å². The molecule has 0 radical (unpaired) electrons. The van der Waals surface area contributed by atoms with Crippen LogP contribution in [0.3, 0.4) is 0 Å². The van der Waals surface area contributed by atoms with Crippen LogP contribution in [0, 0.1) is 0 Å². The summed E-state index contributed by atoms with van der Waals surface area (Å²) in [4.78, 5) is 0. The van der Waals surface area contributed by atoms with E-state index >= 15 is 0 Å². The molecule has 1 N–H and O–H groups in total. The monoisotopic (exact) mass is 532 g/mol. The van der Waals surface area contributed by atoms with Gasteiger partial charge in [0.15, 0.2) is 0 Å². The number of hydrogen-bond acceptors (Lipinski definition) is 2. The first-order valence-corrected chi connectivity index (χ1v) is 17.1. The van der Waals surface area contributed by atoms with E-state index in [1.165, 1.54) is 148 Å². The summed E-state index contributed by atoms with van der Waals surface area (Å²) in [6.45, 7) is 8.50. The van der Waals surface area contributed by atoms with E-state index in [2.05, 4.69) is 55.6 Å². The average Bonchev–Trinajstić information content (AvgIpc) is 2.93. The average molecular weight is 532 g/mol. The third kappa shape index (κ3) is 35.1. The van der Waals surface area contributed by atoms with Gasteiger partial charge in [0, 0.05) is 13.2 Å². The largest absolute Gasteiger partial charge is 0.380 e. The lowest BCUT2D eigenvalue weighted by molar-refractivity contribution is 0.131. The molecule has 0 aromatic heterocycles. The van der Waals surface area contributed by atoms with Crippen LogP contribution in [0.1, 0.15) is 168 Å². The highest BCUT2D eigenvalue weighted by Gasteiger charge is 1.94. The molecule has 0 spiro atoms. The van der Waals surface area contributed by atoms with Gasteiger partial charge in [-0.15, -0.1) is 0 Å². The van der Waals surface area contributed by atoms with Gasteiger partial charge in [-0.05, 0) is 77.2 Å². The number of rotatable bonds is 32. The van der Waals surface area contributed by atoms with Gasteiger partial charge in [-0.25, -0.2) is 0 Å². The highest BCUT2D eigenvalue weighted by molar-refractivity contribution is 4.92. The smallest absolute Gasteiger partial charge is 0.0590 e. The van der Waals surface area contributed by atoms with Gasteiger partial charge >= 0.3 is 0 Å². The highest BCUT2D eigenvalue weighted by Crippen LogP contribution is 2.10. The molecule has 0 aromatic carbocycles. The van der Waals surface area contributed by atoms with Crippen molar-refractivity contribution in [3.8, 4) is 0 Å². The summed E-state index contributed by atoms with van der Waals surface area (Å²) in [6.07, 6.45) is 46.2. The molecule has 0 heterocycles. The fourth-order valence-electron chi connectivity index (χ4n) is 4.71. The summed E-state index contributed by atoms with van der Waals surface area (Å²) < 4.78 is 5.79. The number of allylic oxidation sites excluding steroid dienone is 6. The van der Waals surface area contributed by atoms with Crippen molar-refractivity contribution in [2.24, 2.45) is 0 Å². The van der Waals surface area contributed by atoms with E-state index < -0.39 is 0 Å². The Balaban J connectivity index is 3.11. The Hall–Kier alpha value is -0.860. The van der Waals surface area contributed by atoms with Gasteiger partial charge in [0.2, 0.25) is 0 Å². The maximum Gasteiger partial charge on any atom is 0.0590 e. The topological polar surface area (TPSA) is 21.3 Å². The van der Waals surface area contributed by atoms with Crippen molar-refractivity contribution in [2.45, 2.75) is 168 Å². The van der Waals surface area contributed by atoms with Gasteiger partial charge in [-0.1, -0.05) is 134 Å². The molecule has 0 fully saturated rings. The summed E-state index contributed by atoms with van der Waals surface area (Å²) in [5.74, 6) is 0. The molecular weight excluding hydrogens is 462 g/mol. The zero-order valence-corrected chi connectivity index (χ0v) is 26.2. The Labute approximate surface area is 240 Å². The van der Waals surface area contributed by atoms with Crippen LogP contribution in [0.2, 0.25) is 0 Å². The van der Waals surface area contributed by atoms with E-state index in [-0.39, 0.29) is 0 Å². The predicted octanol–water partition coefficient (Wildman–Crippen LogP) is 11.7. The van der Waals surface area contributed by atoms with Gasteiger partial charge in [-0.2, -0.15) is 0 Å². The molecule has 0 atom stereocenters. The van der Waals surface area contributed by atoms with Gasteiger partial charge in [0.25, 0.3) is 0 Å². The fourth-order valence-corrected chi connectivity index (χ4v) is 4.71. The molecule has 0 saturated heterocycles. The molecule has 0 amide bonds. The number of ether oxygens (including phenoxy) is 1. The second-order valence-electron chi connectivity index (χ2n) is 11.2. The maximum absolute atomic E-state index is 5.79. The number of hydrogen-bond donors (Lipinski definition) is 1. The Bertz CT molecular complexity index is 496. The van der Waals surface area contributed by atoms with Crippen LogP contribution in [0.25, 0.3) is 0 Å². The van der Waals surface area contributed by atoms with Crippen LogP contribution in [-0.2, 0) is 4.74 Å². The Morgan fingerprint density at radius 2 is 0.816 bits per heavy atom. The zero-order chi connectivity index (χ0) is 27.5. The van der Waals surface area contributed by atoms with Crippen molar-refractivity contribution in [3.63, 3.8) is 0 Å². The normalized spacial score (nSPS) is 12.2. The first kappa shape index (κ1) is 37.1. The number of nitrogens with one attached hydrogen (secondary N) is 1. The van der Waals surface area contributed by atoms with Crippen LogP contribution in [0.5, 0.6) is 0 Å². The van der Waals surface area contributed by atoms with Crippen molar-refractivity contribution in [1.82, 2.24) is 5.32 Å². The van der Waals surface area contributed by atoms with E-state index in [0.29, 0.717) is 0 Å². The van der Waals surface area contributed by atoms with Gasteiger partial charge in [-0.3, -0.25) is 0 Å². The first-order valence-electron chi connectivity index (χ1n) is 17.1. The summed E-state index contributed by atoms with van der Waals surface area (Å²) >= 11 is 0. The van der Waals surface area contributed by atoms with E-state index in [1.807, 2.05) is 0 Å². The van der Waals surface area contributed by atoms with Crippen LogP contribution in [0.15, 0.2) is 36.5 Å². The van der Waals surface area contributed by atoms with E-state index in [9.17, 15) is 0 Å². The van der Waals surface area contributed by atoms with Crippen molar-refractivity contribution in [1.29, 1.82) is 0 Å². The van der Waals surface area contributed by atoms with Crippen LogP contribution >= 0.6 is 0 Å². The minimum absolute atomic E-state index is 0.868. The Morgan fingerprint density at radius 3 is 1.39 bits per heavy atom. The predicted molar refractivity (Wildman–Crippen MR) is 173 cm³/mol. The lowest BCUT2D eigenvalue weighted by Gasteiger charge is -2.06. The quantitative estimate of drug-likeness (QED) is 0.0688. The van der Waals surface area contributed by atoms with Gasteiger partial charge < -0.3 is 10.1 Å². The molecule has 0 aromatic rings. The standard InChI is InChI=1S/C36H69NO/c1-3-5-7-9-11-13-15-17-19-20-21-23-25-27-29-31-33-37-34-36-38-35-32-30-28-26-24-22-18-16-14-12-10-8-6-4-2/h11,13-14,16-17,19,37H,3-10,12,15,18,20-36H2,1-2H3/b13-11-,16-14-,19-17-. The minimum atomic E-state index is 0.868. The van der Waals surface area contributed by atoms with Crippen molar-refractivity contribution < 1.29 is 4.74 Å². The van der Waals surface area contributed by atoms with Gasteiger partial charge in [0.1, 0.15) is 0 Å². The van der Waals surface area contributed by atoms with Crippen molar-refractivity contribution in [3.05, 3.63) is 36.5 Å². The molecule has 2 heteroatoms. The molecule has 2 nitrogen and oxygen atoms in total. The SMILES string of the molecule is CCCCC/C=C\C/C=C\CCCCCCCCNCCOCCCCCCCC/C=C\CCCCCC. The third-order valence-corrected chi connectivity index (χ3v) is 7.28. The lowest BCUT2D eigenvalue weighted by atomic mass is 10.1. The van der Waals surface area contributed by atoms with Crippen molar-refractivity contribution >= 4 is 0 Å². The van der Waals surface area contributed by atoms with E-state index in [4.69, 9.17) is 4.74 Å². The molecule has 0 aliphatic carbocycles. The summed E-state index contributed by atoms with van der Waals surface area (Å²) in [5.41, 5.74) is 0. The summed E-state index contributed by atoms with van der Waals surface area (Å²) in [5, 5.41) is 3.54. The zero-order valence-electron chi connectivity index (χ0n) is 26.2. The van der Waals surface area contributed by atoms with Crippen LogP contribution < -0.4 is 5.32 Å². The molecule has 38 heavy (non-hydrogen) atoms. The molecule has 0 unspecified atom stereocenters. The van der Waals surface area contributed by atoms with E-state index in [1.54, 1.807) is 0 Å². The van der Waals surface area contributed by atoms with Crippen LogP contribution in [0.4, 0.5) is 0 Å².